The first-order chi connectivity index (χ1) is 5.65. The SMILES string of the molecule is CCC(CC(C)C(=O)OC)N=O. The summed E-state index contributed by atoms with van der Waals surface area (Å²) in [6.07, 6.45) is 1.15. The van der Waals surface area contributed by atoms with E-state index in [1.165, 1.54) is 7.11 Å². The van der Waals surface area contributed by atoms with Gasteiger partial charge in [0, 0.05) is 0 Å². The molecule has 0 aromatic heterocycles. The van der Waals surface area contributed by atoms with Crippen LogP contribution in [0.3, 0.4) is 0 Å². The van der Waals surface area contributed by atoms with E-state index in [2.05, 4.69) is 9.91 Å². The average molecular weight is 173 g/mol. The number of hydrogen-bond donors (Lipinski definition) is 0. The zero-order valence-corrected chi connectivity index (χ0v) is 7.74. The Kier molecular flexibility index (Phi) is 5.25. The van der Waals surface area contributed by atoms with Crippen molar-refractivity contribution in [3.63, 3.8) is 0 Å². The van der Waals surface area contributed by atoms with Gasteiger partial charge in [0.1, 0.15) is 0 Å². The predicted octanol–water partition coefficient (Wildman–Crippen LogP) is 1.73. The Labute approximate surface area is 72.3 Å². The summed E-state index contributed by atoms with van der Waals surface area (Å²) in [7, 11) is 1.34. The molecular formula is C8H15NO3. The van der Waals surface area contributed by atoms with Crippen molar-refractivity contribution >= 4 is 5.97 Å². The molecule has 0 spiro atoms. The fraction of sp³-hybridized carbons (Fsp3) is 0.875. The summed E-state index contributed by atoms with van der Waals surface area (Å²) in [5, 5.41) is 2.91. The van der Waals surface area contributed by atoms with Crippen molar-refractivity contribution in [3.8, 4) is 0 Å². The molecule has 4 nitrogen and oxygen atoms in total. The standard InChI is InChI=1S/C8H15NO3/c1-4-7(9-11)5-6(2)8(10)12-3/h6-7H,4-5H2,1-3H3. The highest BCUT2D eigenvalue weighted by Crippen LogP contribution is 2.12. The van der Waals surface area contributed by atoms with E-state index in [1.807, 2.05) is 6.92 Å². The first-order valence-corrected chi connectivity index (χ1v) is 4.06. The summed E-state index contributed by atoms with van der Waals surface area (Å²) in [6, 6.07) is -0.265. The van der Waals surface area contributed by atoms with Crippen LogP contribution in [0.5, 0.6) is 0 Å². The van der Waals surface area contributed by atoms with Gasteiger partial charge in [0.2, 0.25) is 0 Å². The molecular weight excluding hydrogens is 158 g/mol. The number of ether oxygens (including phenoxy) is 1. The Morgan fingerprint density at radius 2 is 2.17 bits per heavy atom. The summed E-state index contributed by atoms with van der Waals surface area (Å²) >= 11 is 0. The maximum absolute atomic E-state index is 10.9. The van der Waals surface area contributed by atoms with E-state index in [0.29, 0.717) is 12.8 Å². The van der Waals surface area contributed by atoms with Gasteiger partial charge in [0.15, 0.2) is 0 Å². The van der Waals surface area contributed by atoms with Gasteiger partial charge in [0.05, 0.1) is 19.1 Å². The van der Waals surface area contributed by atoms with Gasteiger partial charge < -0.3 is 4.74 Å². The Morgan fingerprint density at radius 3 is 2.50 bits per heavy atom. The van der Waals surface area contributed by atoms with Gasteiger partial charge in [-0.1, -0.05) is 19.0 Å². The Bertz CT molecular complexity index is 158. The van der Waals surface area contributed by atoms with Crippen LogP contribution in [0.2, 0.25) is 0 Å². The van der Waals surface area contributed by atoms with E-state index in [-0.39, 0.29) is 17.9 Å². The number of rotatable bonds is 5. The summed E-state index contributed by atoms with van der Waals surface area (Å²) in [5.41, 5.74) is 0. The van der Waals surface area contributed by atoms with Crippen LogP contribution < -0.4 is 0 Å². The number of nitroso groups, excluding NO2 is 1. The molecule has 0 amide bonds. The topological polar surface area (TPSA) is 55.7 Å². The lowest BCUT2D eigenvalue weighted by Gasteiger charge is -2.11. The maximum Gasteiger partial charge on any atom is 0.308 e. The summed E-state index contributed by atoms with van der Waals surface area (Å²) in [6.45, 7) is 3.61. The van der Waals surface area contributed by atoms with Gasteiger partial charge in [-0.3, -0.25) is 4.79 Å². The third-order valence-corrected chi connectivity index (χ3v) is 1.85. The highest BCUT2D eigenvalue weighted by Gasteiger charge is 2.18. The number of esters is 1. The van der Waals surface area contributed by atoms with Crippen LogP contribution in [-0.2, 0) is 9.53 Å². The number of carbonyl (C=O) groups excluding carboxylic acids is 1. The Hall–Kier alpha value is -0.930. The summed E-state index contributed by atoms with van der Waals surface area (Å²) in [5.74, 6) is -0.519. The van der Waals surface area contributed by atoms with E-state index in [1.54, 1.807) is 6.92 Å². The van der Waals surface area contributed by atoms with Crippen molar-refractivity contribution in [2.45, 2.75) is 32.7 Å². The largest absolute Gasteiger partial charge is 0.469 e. The minimum Gasteiger partial charge on any atom is -0.469 e. The minimum absolute atomic E-state index is 0.238. The van der Waals surface area contributed by atoms with Crippen molar-refractivity contribution in [2.24, 2.45) is 11.1 Å². The van der Waals surface area contributed by atoms with Crippen LogP contribution in [0, 0.1) is 10.8 Å². The Morgan fingerprint density at radius 1 is 1.58 bits per heavy atom. The minimum atomic E-state index is -0.280. The van der Waals surface area contributed by atoms with Gasteiger partial charge in [-0.2, -0.15) is 4.91 Å². The second-order valence-corrected chi connectivity index (χ2v) is 2.83. The van der Waals surface area contributed by atoms with Gasteiger partial charge in [-0.05, 0) is 12.8 Å². The fourth-order valence-electron chi connectivity index (χ4n) is 0.990. The Balaban J connectivity index is 3.88. The molecule has 0 aromatic carbocycles. The molecule has 0 aromatic rings. The van der Waals surface area contributed by atoms with Crippen molar-refractivity contribution in [2.75, 3.05) is 7.11 Å². The quantitative estimate of drug-likeness (QED) is 0.470. The highest BCUT2D eigenvalue weighted by atomic mass is 16.5. The van der Waals surface area contributed by atoms with Crippen LogP contribution in [0.4, 0.5) is 0 Å². The number of carbonyl (C=O) groups is 1. The van der Waals surface area contributed by atoms with E-state index in [0.717, 1.165) is 0 Å². The summed E-state index contributed by atoms with van der Waals surface area (Å²) < 4.78 is 4.52. The molecule has 0 aliphatic heterocycles. The fourth-order valence-corrected chi connectivity index (χ4v) is 0.990. The molecule has 0 radical (unpaired) electrons. The number of hydrogen-bond acceptors (Lipinski definition) is 4. The highest BCUT2D eigenvalue weighted by molar-refractivity contribution is 5.71. The second kappa shape index (κ2) is 5.69. The zero-order valence-electron chi connectivity index (χ0n) is 7.74. The van der Waals surface area contributed by atoms with Crippen LogP contribution in [0.15, 0.2) is 5.18 Å². The molecule has 0 saturated carbocycles. The summed E-state index contributed by atoms with van der Waals surface area (Å²) in [4.78, 5) is 21.1. The van der Waals surface area contributed by atoms with Crippen molar-refractivity contribution in [1.82, 2.24) is 0 Å². The van der Waals surface area contributed by atoms with Crippen molar-refractivity contribution in [1.29, 1.82) is 0 Å². The van der Waals surface area contributed by atoms with E-state index >= 15 is 0 Å². The molecule has 4 heteroatoms. The van der Waals surface area contributed by atoms with Crippen LogP contribution in [-0.4, -0.2) is 19.1 Å². The van der Waals surface area contributed by atoms with Crippen LogP contribution in [0.1, 0.15) is 26.7 Å². The predicted molar refractivity (Wildman–Crippen MR) is 45.7 cm³/mol. The molecule has 0 bridgehead atoms. The lowest BCUT2D eigenvalue weighted by atomic mass is 10.0. The molecule has 0 aliphatic rings. The molecule has 12 heavy (non-hydrogen) atoms. The number of nitrogens with zero attached hydrogens (tertiary/aromatic N) is 1. The smallest absolute Gasteiger partial charge is 0.308 e. The lowest BCUT2D eigenvalue weighted by Crippen LogP contribution is -2.18. The van der Waals surface area contributed by atoms with Gasteiger partial charge in [-0.15, -0.1) is 0 Å². The molecule has 2 unspecified atom stereocenters. The van der Waals surface area contributed by atoms with Gasteiger partial charge in [0.25, 0.3) is 0 Å². The number of methoxy groups -OCH3 is 1. The molecule has 2 atom stereocenters. The lowest BCUT2D eigenvalue weighted by molar-refractivity contribution is -0.145. The van der Waals surface area contributed by atoms with E-state index in [4.69, 9.17) is 0 Å². The normalized spacial score (nSPS) is 14.9. The zero-order chi connectivity index (χ0) is 9.56. The monoisotopic (exact) mass is 173 g/mol. The third-order valence-electron chi connectivity index (χ3n) is 1.85. The molecule has 0 fully saturated rings. The molecule has 0 saturated heterocycles. The average Bonchev–Trinajstić information content (AvgIpc) is 2.12. The van der Waals surface area contributed by atoms with Crippen LogP contribution in [0.25, 0.3) is 0 Å². The maximum atomic E-state index is 10.9. The molecule has 0 rings (SSSR count). The molecule has 70 valence electrons. The van der Waals surface area contributed by atoms with Crippen molar-refractivity contribution < 1.29 is 9.53 Å². The molecule has 0 N–H and O–H groups in total. The molecule has 0 aliphatic carbocycles. The van der Waals surface area contributed by atoms with Gasteiger partial charge >= 0.3 is 5.97 Å². The first kappa shape index (κ1) is 11.1. The van der Waals surface area contributed by atoms with Crippen LogP contribution >= 0.6 is 0 Å². The first-order valence-electron chi connectivity index (χ1n) is 4.06. The van der Waals surface area contributed by atoms with Gasteiger partial charge in [-0.25, -0.2) is 0 Å². The second-order valence-electron chi connectivity index (χ2n) is 2.83. The van der Waals surface area contributed by atoms with E-state index in [9.17, 15) is 9.70 Å². The third kappa shape index (κ3) is 3.46. The van der Waals surface area contributed by atoms with E-state index < -0.39 is 0 Å². The van der Waals surface area contributed by atoms with Crippen molar-refractivity contribution in [3.05, 3.63) is 4.91 Å². The molecule has 0 heterocycles.